The van der Waals surface area contributed by atoms with E-state index in [1.807, 2.05) is 49.7 Å². The highest BCUT2D eigenvalue weighted by atomic mass is 35.5. The van der Waals surface area contributed by atoms with Crippen LogP contribution < -0.4 is 5.73 Å². The Hall–Kier alpha value is -1.32. The van der Waals surface area contributed by atoms with Gasteiger partial charge in [-0.3, -0.25) is 4.68 Å². The highest BCUT2D eigenvalue weighted by Gasteiger charge is 2.21. The van der Waals surface area contributed by atoms with Crippen LogP contribution >= 0.6 is 11.6 Å². The zero-order chi connectivity index (χ0) is 13.3. The predicted molar refractivity (Wildman–Crippen MR) is 74.9 cm³/mol. The number of hydrogen-bond donors (Lipinski definition) is 1. The van der Waals surface area contributed by atoms with Crippen LogP contribution in [0.5, 0.6) is 0 Å². The van der Waals surface area contributed by atoms with Crippen molar-refractivity contribution in [1.82, 2.24) is 9.78 Å². The van der Waals surface area contributed by atoms with E-state index in [0.29, 0.717) is 0 Å². The van der Waals surface area contributed by atoms with E-state index in [4.69, 9.17) is 17.3 Å². The predicted octanol–water partition coefficient (Wildman–Crippen LogP) is 3.09. The van der Waals surface area contributed by atoms with Gasteiger partial charge in [0.2, 0.25) is 0 Å². The van der Waals surface area contributed by atoms with Crippen LogP contribution in [0.4, 0.5) is 0 Å². The summed E-state index contributed by atoms with van der Waals surface area (Å²) in [6.07, 6.45) is 0. The van der Waals surface area contributed by atoms with Gasteiger partial charge in [-0.2, -0.15) is 5.10 Å². The maximum absolute atomic E-state index is 6.13. The lowest BCUT2D eigenvalue weighted by Crippen LogP contribution is -2.31. The third-order valence-electron chi connectivity index (χ3n) is 3.00. The van der Waals surface area contributed by atoms with Gasteiger partial charge in [0.25, 0.3) is 0 Å². The summed E-state index contributed by atoms with van der Waals surface area (Å²) in [7, 11) is 0. The van der Waals surface area contributed by atoms with Crippen molar-refractivity contribution in [3.05, 3.63) is 52.3 Å². The van der Waals surface area contributed by atoms with Crippen molar-refractivity contribution < 1.29 is 0 Å². The summed E-state index contributed by atoms with van der Waals surface area (Å²) >= 11 is 6.06. The van der Waals surface area contributed by atoms with Gasteiger partial charge in [-0.1, -0.05) is 23.7 Å². The fourth-order valence-electron chi connectivity index (χ4n) is 2.29. The SMILES string of the molecule is Cc1cc(C)n(C(c2cccc(Cl)c2)C(C)N)n1. The van der Waals surface area contributed by atoms with Crippen LogP contribution in [0.15, 0.2) is 30.3 Å². The number of nitrogens with two attached hydrogens (primary N) is 1. The minimum Gasteiger partial charge on any atom is -0.326 e. The molecule has 2 atom stereocenters. The van der Waals surface area contributed by atoms with Crippen LogP contribution in [0.3, 0.4) is 0 Å². The van der Waals surface area contributed by atoms with Crippen LogP contribution in [0.2, 0.25) is 5.02 Å². The molecular formula is C14H18ClN3. The van der Waals surface area contributed by atoms with Gasteiger partial charge in [-0.15, -0.1) is 0 Å². The normalized spacial score (nSPS) is 14.5. The molecule has 3 nitrogen and oxygen atoms in total. The van der Waals surface area contributed by atoms with E-state index in [1.54, 1.807) is 0 Å². The first-order valence-electron chi connectivity index (χ1n) is 6.03. The van der Waals surface area contributed by atoms with Crippen molar-refractivity contribution in [2.75, 3.05) is 0 Å². The summed E-state index contributed by atoms with van der Waals surface area (Å²) in [4.78, 5) is 0. The van der Waals surface area contributed by atoms with Gasteiger partial charge in [0.1, 0.15) is 0 Å². The molecular weight excluding hydrogens is 246 g/mol. The summed E-state index contributed by atoms with van der Waals surface area (Å²) in [6.45, 7) is 6.02. The quantitative estimate of drug-likeness (QED) is 0.925. The van der Waals surface area contributed by atoms with Crippen molar-refractivity contribution >= 4 is 11.6 Å². The molecule has 1 heterocycles. The van der Waals surface area contributed by atoms with E-state index in [9.17, 15) is 0 Å². The molecule has 0 aliphatic heterocycles. The van der Waals surface area contributed by atoms with Gasteiger partial charge in [0.15, 0.2) is 0 Å². The zero-order valence-corrected chi connectivity index (χ0v) is 11.6. The van der Waals surface area contributed by atoms with Gasteiger partial charge in [0.05, 0.1) is 11.7 Å². The van der Waals surface area contributed by atoms with Gasteiger partial charge in [-0.25, -0.2) is 0 Å². The molecule has 18 heavy (non-hydrogen) atoms. The molecule has 0 radical (unpaired) electrons. The Balaban J connectivity index is 2.50. The lowest BCUT2D eigenvalue weighted by molar-refractivity contribution is 0.443. The molecule has 0 bridgehead atoms. The van der Waals surface area contributed by atoms with Gasteiger partial charge in [-0.05, 0) is 44.5 Å². The van der Waals surface area contributed by atoms with Crippen LogP contribution in [-0.4, -0.2) is 15.8 Å². The summed E-state index contributed by atoms with van der Waals surface area (Å²) in [5.74, 6) is 0. The van der Waals surface area contributed by atoms with Crippen LogP contribution in [0.25, 0.3) is 0 Å². The zero-order valence-electron chi connectivity index (χ0n) is 10.9. The van der Waals surface area contributed by atoms with Crippen molar-refractivity contribution in [3.63, 3.8) is 0 Å². The molecule has 0 saturated heterocycles. The minimum absolute atomic E-state index is 0.0115. The molecule has 0 aliphatic carbocycles. The second kappa shape index (κ2) is 5.12. The Morgan fingerprint density at radius 1 is 1.28 bits per heavy atom. The first kappa shape index (κ1) is 13.1. The van der Waals surface area contributed by atoms with Gasteiger partial charge < -0.3 is 5.73 Å². The average molecular weight is 264 g/mol. The van der Waals surface area contributed by atoms with Gasteiger partial charge >= 0.3 is 0 Å². The Morgan fingerprint density at radius 3 is 2.50 bits per heavy atom. The Kier molecular flexibility index (Phi) is 3.73. The fraction of sp³-hybridized carbons (Fsp3) is 0.357. The van der Waals surface area contributed by atoms with E-state index >= 15 is 0 Å². The Labute approximate surface area is 113 Å². The molecule has 2 aromatic rings. The largest absolute Gasteiger partial charge is 0.326 e. The molecule has 1 aromatic carbocycles. The second-order valence-corrected chi connectivity index (χ2v) is 5.17. The number of rotatable bonds is 3. The van der Waals surface area contributed by atoms with E-state index in [0.717, 1.165) is 22.0 Å². The molecule has 2 unspecified atom stereocenters. The lowest BCUT2D eigenvalue weighted by atomic mass is 10.0. The summed E-state index contributed by atoms with van der Waals surface area (Å²) in [5, 5.41) is 5.25. The summed E-state index contributed by atoms with van der Waals surface area (Å²) in [5.41, 5.74) is 9.32. The standard InChI is InChI=1S/C14H18ClN3/c1-9-7-10(2)18(17-9)14(11(3)16)12-5-4-6-13(15)8-12/h4-8,11,14H,16H2,1-3H3. The van der Waals surface area contributed by atoms with Crippen molar-refractivity contribution in [2.45, 2.75) is 32.9 Å². The molecule has 2 rings (SSSR count). The van der Waals surface area contributed by atoms with Crippen molar-refractivity contribution in [3.8, 4) is 0 Å². The number of benzene rings is 1. The summed E-state index contributed by atoms with van der Waals surface area (Å²) < 4.78 is 1.98. The number of aryl methyl sites for hydroxylation is 2. The number of nitrogens with zero attached hydrogens (tertiary/aromatic N) is 2. The monoisotopic (exact) mass is 263 g/mol. The van der Waals surface area contributed by atoms with Crippen LogP contribution in [0, 0.1) is 13.8 Å². The first-order chi connectivity index (χ1) is 8.49. The van der Waals surface area contributed by atoms with E-state index in [-0.39, 0.29) is 12.1 Å². The smallest absolute Gasteiger partial charge is 0.0920 e. The third kappa shape index (κ3) is 2.57. The molecule has 0 saturated carbocycles. The second-order valence-electron chi connectivity index (χ2n) is 4.73. The van der Waals surface area contributed by atoms with Crippen molar-refractivity contribution in [1.29, 1.82) is 0 Å². The average Bonchev–Trinajstić information content (AvgIpc) is 2.58. The molecule has 0 spiro atoms. The topological polar surface area (TPSA) is 43.8 Å². The molecule has 96 valence electrons. The van der Waals surface area contributed by atoms with Crippen LogP contribution in [-0.2, 0) is 0 Å². The molecule has 0 fully saturated rings. The molecule has 2 N–H and O–H groups in total. The number of halogens is 1. The van der Waals surface area contributed by atoms with E-state index < -0.39 is 0 Å². The highest BCUT2D eigenvalue weighted by molar-refractivity contribution is 6.30. The Bertz CT molecular complexity index is 546. The fourth-order valence-corrected chi connectivity index (χ4v) is 2.48. The van der Waals surface area contributed by atoms with Crippen LogP contribution in [0.1, 0.15) is 29.9 Å². The van der Waals surface area contributed by atoms with E-state index in [1.165, 1.54) is 0 Å². The molecule has 0 aliphatic rings. The molecule has 0 amide bonds. The highest BCUT2D eigenvalue weighted by Crippen LogP contribution is 2.25. The summed E-state index contributed by atoms with van der Waals surface area (Å²) in [6, 6.07) is 9.82. The molecule has 1 aromatic heterocycles. The van der Waals surface area contributed by atoms with E-state index in [2.05, 4.69) is 11.2 Å². The molecule has 4 heteroatoms. The first-order valence-corrected chi connectivity index (χ1v) is 6.40. The maximum Gasteiger partial charge on any atom is 0.0920 e. The van der Waals surface area contributed by atoms with Crippen molar-refractivity contribution in [2.24, 2.45) is 5.73 Å². The third-order valence-corrected chi connectivity index (χ3v) is 3.23. The number of aromatic nitrogens is 2. The number of hydrogen-bond acceptors (Lipinski definition) is 2. The van der Waals surface area contributed by atoms with Gasteiger partial charge in [0, 0.05) is 16.8 Å². The lowest BCUT2D eigenvalue weighted by Gasteiger charge is -2.23. The minimum atomic E-state index is -0.0403. The Morgan fingerprint density at radius 2 is 2.00 bits per heavy atom. The maximum atomic E-state index is 6.13.